The summed E-state index contributed by atoms with van der Waals surface area (Å²) in [7, 11) is 1.72. The van der Waals surface area contributed by atoms with Crippen LogP contribution in [-0.4, -0.2) is 28.5 Å². The van der Waals surface area contributed by atoms with E-state index < -0.39 is 0 Å². The summed E-state index contributed by atoms with van der Waals surface area (Å²) >= 11 is 0. The van der Waals surface area contributed by atoms with Gasteiger partial charge in [0.15, 0.2) is 0 Å². The second-order valence-electron chi connectivity index (χ2n) is 3.89. The Morgan fingerprint density at radius 3 is 3.14 bits per heavy atom. The zero-order valence-electron chi connectivity index (χ0n) is 8.86. The van der Waals surface area contributed by atoms with Crippen molar-refractivity contribution in [3.05, 3.63) is 11.6 Å². The van der Waals surface area contributed by atoms with Gasteiger partial charge in [-0.3, -0.25) is 0 Å². The Morgan fingerprint density at radius 1 is 1.50 bits per heavy atom. The number of ether oxygens (including phenoxy) is 1. The Balaban J connectivity index is 2.20. The summed E-state index contributed by atoms with van der Waals surface area (Å²) in [6.45, 7) is 2.97. The lowest BCUT2D eigenvalue weighted by atomic mass is 10.1. The van der Waals surface area contributed by atoms with Gasteiger partial charge in [0.25, 0.3) is 0 Å². The molecule has 0 saturated heterocycles. The maximum absolute atomic E-state index is 5.06. The first-order chi connectivity index (χ1) is 6.83. The van der Waals surface area contributed by atoms with Crippen molar-refractivity contribution in [1.82, 2.24) is 14.8 Å². The number of hydrogen-bond acceptors (Lipinski definition) is 3. The standard InChI is InChI=1S/C10H17N3O/c1-8-4-3-5-9-11-12-10(13(8)9)6-7-14-2/h8H,3-7H2,1-2H3. The first-order valence-corrected chi connectivity index (χ1v) is 5.24. The lowest BCUT2D eigenvalue weighted by Gasteiger charge is -2.22. The van der Waals surface area contributed by atoms with E-state index in [1.165, 1.54) is 12.8 Å². The molecule has 0 spiro atoms. The molecule has 1 aliphatic heterocycles. The largest absolute Gasteiger partial charge is 0.384 e. The third-order valence-electron chi connectivity index (χ3n) is 2.83. The Morgan fingerprint density at radius 2 is 2.36 bits per heavy atom. The molecule has 0 saturated carbocycles. The van der Waals surface area contributed by atoms with Crippen molar-refractivity contribution in [2.75, 3.05) is 13.7 Å². The second-order valence-corrected chi connectivity index (χ2v) is 3.89. The monoisotopic (exact) mass is 195 g/mol. The van der Waals surface area contributed by atoms with E-state index in [0.717, 1.165) is 31.1 Å². The van der Waals surface area contributed by atoms with Gasteiger partial charge in [0, 0.05) is 26.0 Å². The Labute approximate surface area is 84.3 Å². The normalized spacial score (nSPS) is 20.9. The van der Waals surface area contributed by atoms with Crippen molar-refractivity contribution in [3.63, 3.8) is 0 Å². The number of rotatable bonds is 3. The number of aryl methyl sites for hydroxylation is 1. The van der Waals surface area contributed by atoms with E-state index in [2.05, 4.69) is 21.7 Å². The first-order valence-electron chi connectivity index (χ1n) is 5.24. The van der Waals surface area contributed by atoms with Crippen LogP contribution in [0.3, 0.4) is 0 Å². The molecule has 0 bridgehead atoms. The van der Waals surface area contributed by atoms with E-state index in [9.17, 15) is 0 Å². The molecule has 2 rings (SSSR count). The van der Waals surface area contributed by atoms with E-state index in [4.69, 9.17) is 4.74 Å². The Bertz CT molecular complexity index is 308. The number of nitrogens with zero attached hydrogens (tertiary/aromatic N) is 3. The minimum Gasteiger partial charge on any atom is -0.384 e. The maximum Gasteiger partial charge on any atom is 0.135 e. The molecule has 1 aromatic heterocycles. The van der Waals surface area contributed by atoms with Gasteiger partial charge in [0.2, 0.25) is 0 Å². The fraction of sp³-hybridized carbons (Fsp3) is 0.800. The molecule has 14 heavy (non-hydrogen) atoms. The summed E-state index contributed by atoms with van der Waals surface area (Å²) < 4.78 is 7.34. The van der Waals surface area contributed by atoms with Crippen molar-refractivity contribution < 1.29 is 4.74 Å². The van der Waals surface area contributed by atoms with Gasteiger partial charge in [-0.15, -0.1) is 10.2 Å². The van der Waals surface area contributed by atoms with E-state index in [1.807, 2.05) is 0 Å². The van der Waals surface area contributed by atoms with Gasteiger partial charge in [-0.25, -0.2) is 0 Å². The summed E-state index contributed by atoms with van der Waals surface area (Å²) in [6.07, 6.45) is 4.42. The van der Waals surface area contributed by atoms with Crippen molar-refractivity contribution in [1.29, 1.82) is 0 Å². The van der Waals surface area contributed by atoms with E-state index in [1.54, 1.807) is 7.11 Å². The highest BCUT2D eigenvalue weighted by Crippen LogP contribution is 2.24. The number of fused-ring (bicyclic) bond motifs is 1. The topological polar surface area (TPSA) is 39.9 Å². The van der Waals surface area contributed by atoms with Crippen molar-refractivity contribution >= 4 is 0 Å². The van der Waals surface area contributed by atoms with Gasteiger partial charge < -0.3 is 9.30 Å². The molecular weight excluding hydrogens is 178 g/mol. The van der Waals surface area contributed by atoms with Crippen LogP contribution < -0.4 is 0 Å². The van der Waals surface area contributed by atoms with E-state index in [-0.39, 0.29) is 0 Å². The van der Waals surface area contributed by atoms with Crippen molar-refractivity contribution in [3.8, 4) is 0 Å². The van der Waals surface area contributed by atoms with Gasteiger partial charge in [-0.2, -0.15) is 0 Å². The van der Waals surface area contributed by atoms with Crippen LogP contribution in [0.15, 0.2) is 0 Å². The third-order valence-corrected chi connectivity index (χ3v) is 2.83. The predicted octanol–water partition coefficient (Wildman–Crippen LogP) is 1.36. The number of aromatic nitrogens is 3. The molecule has 4 heteroatoms. The number of hydrogen-bond donors (Lipinski definition) is 0. The van der Waals surface area contributed by atoms with Crippen LogP contribution in [0.5, 0.6) is 0 Å². The third kappa shape index (κ3) is 1.66. The molecule has 4 nitrogen and oxygen atoms in total. The lowest BCUT2D eigenvalue weighted by Crippen LogP contribution is -2.18. The average Bonchev–Trinajstić information content (AvgIpc) is 2.59. The van der Waals surface area contributed by atoms with Crippen molar-refractivity contribution in [2.45, 2.75) is 38.6 Å². The summed E-state index contributed by atoms with van der Waals surface area (Å²) in [4.78, 5) is 0. The lowest BCUT2D eigenvalue weighted by molar-refractivity contribution is 0.198. The van der Waals surface area contributed by atoms with E-state index >= 15 is 0 Å². The van der Waals surface area contributed by atoms with Crippen LogP contribution in [0.2, 0.25) is 0 Å². The molecule has 1 unspecified atom stereocenters. The Hall–Kier alpha value is -0.900. The zero-order valence-corrected chi connectivity index (χ0v) is 8.86. The Kier molecular flexibility index (Phi) is 2.82. The van der Waals surface area contributed by atoms with Crippen LogP contribution in [0.25, 0.3) is 0 Å². The van der Waals surface area contributed by atoms with Crippen LogP contribution in [0, 0.1) is 0 Å². The van der Waals surface area contributed by atoms with Gasteiger partial charge in [-0.05, 0) is 19.8 Å². The maximum atomic E-state index is 5.06. The fourth-order valence-corrected chi connectivity index (χ4v) is 2.09. The number of methoxy groups -OCH3 is 1. The fourth-order valence-electron chi connectivity index (χ4n) is 2.09. The minimum absolute atomic E-state index is 0.556. The van der Waals surface area contributed by atoms with Crippen LogP contribution in [0.1, 0.15) is 37.5 Å². The summed E-state index contributed by atoms with van der Waals surface area (Å²) in [5.74, 6) is 2.23. The molecule has 0 aromatic carbocycles. The molecule has 0 aliphatic carbocycles. The summed E-state index contributed by atoms with van der Waals surface area (Å²) in [5, 5.41) is 8.44. The second kappa shape index (κ2) is 4.09. The molecular formula is C10H17N3O. The molecule has 2 heterocycles. The average molecular weight is 195 g/mol. The van der Waals surface area contributed by atoms with Crippen molar-refractivity contribution in [2.24, 2.45) is 0 Å². The van der Waals surface area contributed by atoms with E-state index in [0.29, 0.717) is 6.04 Å². The highest BCUT2D eigenvalue weighted by Gasteiger charge is 2.20. The molecule has 0 amide bonds. The van der Waals surface area contributed by atoms with Crippen LogP contribution in [-0.2, 0) is 17.6 Å². The smallest absolute Gasteiger partial charge is 0.135 e. The van der Waals surface area contributed by atoms with Gasteiger partial charge in [0.1, 0.15) is 11.6 Å². The highest BCUT2D eigenvalue weighted by molar-refractivity contribution is 5.01. The van der Waals surface area contributed by atoms with Crippen LogP contribution >= 0.6 is 0 Å². The van der Waals surface area contributed by atoms with Crippen LogP contribution in [0.4, 0.5) is 0 Å². The highest BCUT2D eigenvalue weighted by atomic mass is 16.5. The summed E-state index contributed by atoms with van der Waals surface area (Å²) in [5.41, 5.74) is 0. The first kappa shape index (κ1) is 9.65. The minimum atomic E-state index is 0.556. The molecule has 1 aliphatic rings. The summed E-state index contributed by atoms with van der Waals surface area (Å²) in [6, 6.07) is 0.556. The molecule has 0 fully saturated rings. The van der Waals surface area contributed by atoms with Gasteiger partial charge >= 0.3 is 0 Å². The SMILES string of the molecule is COCCc1nnc2n1C(C)CCC2. The molecule has 0 radical (unpaired) electrons. The zero-order chi connectivity index (χ0) is 9.97. The molecule has 1 aromatic rings. The molecule has 0 N–H and O–H groups in total. The predicted molar refractivity (Wildman–Crippen MR) is 53.3 cm³/mol. The molecule has 1 atom stereocenters. The molecule has 78 valence electrons. The van der Waals surface area contributed by atoms with Gasteiger partial charge in [-0.1, -0.05) is 0 Å². The quantitative estimate of drug-likeness (QED) is 0.731. The van der Waals surface area contributed by atoms with Gasteiger partial charge in [0.05, 0.1) is 6.61 Å².